The summed E-state index contributed by atoms with van der Waals surface area (Å²) in [6.45, 7) is 8.52. The monoisotopic (exact) mass is 182 g/mol. The van der Waals surface area contributed by atoms with E-state index in [9.17, 15) is 4.79 Å². The molecular formula is C12H22O. The van der Waals surface area contributed by atoms with Crippen molar-refractivity contribution >= 4 is 5.78 Å². The Morgan fingerprint density at radius 3 is 2.23 bits per heavy atom. The number of Topliss-reactive ketones (excluding diaryl/α,β-unsaturated/α-hetero) is 1. The molecule has 1 aliphatic rings. The molecule has 0 aliphatic heterocycles. The molecule has 1 nitrogen and oxygen atoms in total. The molecule has 0 unspecified atom stereocenters. The Morgan fingerprint density at radius 2 is 1.92 bits per heavy atom. The molecule has 0 spiro atoms. The van der Waals surface area contributed by atoms with E-state index in [-0.39, 0.29) is 11.3 Å². The third kappa shape index (κ3) is 2.82. The first-order chi connectivity index (χ1) is 5.91. The number of carbonyl (C=O) groups excluding carboxylic acids is 1. The van der Waals surface area contributed by atoms with Crippen LogP contribution in [0.25, 0.3) is 0 Å². The Bertz CT molecular complexity index is 184. The van der Waals surface area contributed by atoms with Gasteiger partial charge in [0.2, 0.25) is 0 Å². The van der Waals surface area contributed by atoms with Crippen molar-refractivity contribution in [1.29, 1.82) is 0 Å². The van der Waals surface area contributed by atoms with E-state index < -0.39 is 0 Å². The molecule has 13 heavy (non-hydrogen) atoms. The summed E-state index contributed by atoms with van der Waals surface area (Å²) in [4.78, 5) is 11.8. The molecule has 0 bridgehead atoms. The van der Waals surface area contributed by atoms with Crippen molar-refractivity contribution in [3.63, 3.8) is 0 Å². The zero-order chi connectivity index (χ0) is 10.1. The first-order valence-electron chi connectivity index (χ1n) is 5.44. The summed E-state index contributed by atoms with van der Waals surface area (Å²) in [6, 6.07) is 0. The van der Waals surface area contributed by atoms with E-state index in [4.69, 9.17) is 0 Å². The van der Waals surface area contributed by atoms with Crippen molar-refractivity contribution < 1.29 is 4.79 Å². The van der Waals surface area contributed by atoms with Crippen LogP contribution in [0.2, 0.25) is 0 Å². The molecular weight excluding hydrogens is 160 g/mol. The molecule has 1 heteroatoms. The summed E-state index contributed by atoms with van der Waals surface area (Å²) in [5.74, 6) is 1.41. The van der Waals surface area contributed by atoms with Crippen molar-refractivity contribution in [3.05, 3.63) is 0 Å². The van der Waals surface area contributed by atoms with Gasteiger partial charge in [0.05, 0.1) is 0 Å². The molecule has 0 heterocycles. The molecule has 1 fully saturated rings. The van der Waals surface area contributed by atoms with Gasteiger partial charge in [0, 0.05) is 12.3 Å². The lowest BCUT2D eigenvalue weighted by Gasteiger charge is -2.30. The molecule has 0 radical (unpaired) electrons. The number of rotatable bonds is 3. The second-order valence-corrected chi connectivity index (χ2v) is 5.56. The minimum Gasteiger partial charge on any atom is -0.299 e. The van der Waals surface area contributed by atoms with Crippen LogP contribution in [0, 0.1) is 17.3 Å². The second-order valence-electron chi connectivity index (χ2n) is 5.56. The smallest absolute Gasteiger partial charge is 0.136 e. The van der Waals surface area contributed by atoms with Crippen LogP contribution in [0.3, 0.4) is 0 Å². The van der Waals surface area contributed by atoms with Crippen molar-refractivity contribution in [2.75, 3.05) is 0 Å². The fourth-order valence-corrected chi connectivity index (χ4v) is 1.64. The lowest BCUT2D eigenvalue weighted by Crippen LogP contribution is -2.28. The predicted molar refractivity (Wildman–Crippen MR) is 55.6 cm³/mol. The molecule has 1 atom stereocenters. The molecule has 1 rings (SSSR count). The maximum Gasteiger partial charge on any atom is 0.136 e. The Morgan fingerprint density at radius 1 is 1.38 bits per heavy atom. The lowest BCUT2D eigenvalue weighted by atomic mass is 9.74. The largest absolute Gasteiger partial charge is 0.299 e. The average Bonchev–Trinajstić information content (AvgIpc) is 1.93. The molecule has 0 aromatic heterocycles. The van der Waals surface area contributed by atoms with Gasteiger partial charge in [0.15, 0.2) is 0 Å². The summed E-state index contributed by atoms with van der Waals surface area (Å²) in [6.07, 6.45) is 4.73. The molecule has 0 N–H and O–H groups in total. The van der Waals surface area contributed by atoms with Crippen LogP contribution in [-0.2, 0) is 4.79 Å². The maximum atomic E-state index is 11.8. The lowest BCUT2D eigenvalue weighted by molar-refractivity contribution is -0.126. The minimum atomic E-state index is 0.140. The summed E-state index contributed by atoms with van der Waals surface area (Å²) in [5, 5.41) is 0. The Kier molecular flexibility index (Phi) is 3.15. The van der Waals surface area contributed by atoms with Crippen LogP contribution >= 0.6 is 0 Å². The molecule has 0 amide bonds. The van der Waals surface area contributed by atoms with Crippen LogP contribution < -0.4 is 0 Å². The summed E-state index contributed by atoms with van der Waals surface area (Å²) < 4.78 is 0. The van der Waals surface area contributed by atoms with Crippen molar-refractivity contribution in [2.45, 2.75) is 53.4 Å². The van der Waals surface area contributed by atoms with E-state index in [1.807, 2.05) is 0 Å². The van der Waals surface area contributed by atoms with E-state index in [0.29, 0.717) is 5.78 Å². The Labute approximate surface area is 81.9 Å². The molecule has 76 valence electrons. The van der Waals surface area contributed by atoms with Crippen molar-refractivity contribution in [3.8, 4) is 0 Å². The van der Waals surface area contributed by atoms with Gasteiger partial charge in [-0.2, -0.15) is 0 Å². The van der Waals surface area contributed by atoms with E-state index in [1.54, 1.807) is 0 Å². The van der Waals surface area contributed by atoms with Gasteiger partial charge in [-0.05, 0) is 11.3 Å². The summed E-state index contributed by atoms with van der Waals surface area (Å²) in [5.41, 5.74) is 0.140. The topological polar surface area (TPSA) is 17.1 Å². The third-order valence-electron chi connectivity index (χ3n) is 3.50. The molecule has 1 aliphatic carbocycles. The molecule has 0 saturated heterocycles. The first-order valence-corrected chi connectivity index (χ1v) is 5.44. The van der Waals surface area contributed by atoms with E-state index in [1.165, 1.54) is 19.3 Å². The number of ketones is 1. The van der Waals surface area contributed by atoms with Crippen molar-refractivity contribution in [1.82, 2.24) is 0 Å². The SMILES string of the molecule is C[C@@H](C(=O)CC1CCC1)C(C)(C)C. The molecule has 0 aromatic carbocycles. The van der Waals surface area contributed by atoms with Gasteiger partial charge in [-0.3, -0.25) is 4.79 Å². The van der Waals surface area contributed by atoms with Gasteiger partial charge in [-0.15, -0.1) is 0 Å². The number of hydrogen-bond acceptors (Lipinski definition) is 1. The zero-order valence-corrected chi connectivity index (χ0v) is 9.39. The highest BCUT2D eigenvalue weighted by molar-refractivity contribution is 5.81. The van der Waals surface area contributed by atoms with Crippen LogP contribution in [0.5, 0.6) is 0 Å². The number of hydrogen-bond donors (Lipinski definition) is 0. The molecule has 1 saturated carbocycles. The average molecular weight is 182 g/mol. The fraction of sp³-hybridized carbons (Fsp3) is 0.917. The summed E-state index contributed by atoms with van der Waals surface area (Å²) >= 11 is 0. The highest BCUT2D eigenvalue weighted by Gasteiger charge is 2.29. The summed E-state index contributed by atoms with van der Waals surface area (Å²) in [7, 11) is 0. The highest BCUT2D eigenvalue weighted by Crippen LogP contribution is 2.33. The Balaban J connectivity index is 2.37. The van der Waals surface area contributed by atoms with Crippen LogP contribution in [-0.4, -0.2) is 5.78 Å². The normalized spacial score (nSPS) is 20.9. The van der Waals surface area contributed by atoms with E-state index >= 15 is 0 Å². The zero-order valence-electron chi connectivity index (χ0n) is 9.39. The van der Waals surface area contributed by atoms with E-state index in [2.05, 4.69) is 27.7 Å². The van der Waals surface area contributed by atoms with Gasteiger partial charge in [-0.25, -0.2) is 0 Å². The fourth-order valence-electron chi connectivity index (χ4n) is 1.64. The molecule has 0 aromatic rings. The minimum absolute atomic E-state index is 0.140. The maximum absolute atomic E-state index is 11.8. The highest BCUT2D eigenvalue weighted by atomic mass is 16.1. The van der Waals surface area contributed by atoms with Gasteiger partial charge in [-0.1, -0.05) is 47.0 Å². The first kappa shape index (κ1) is 10.7. The van der Waals surface area contributed by atoms with Gasteiger partial charge in [0.1, 0.15) is 5.78 Å². The quantitative estimate of drug-likeness (QED) is 0.653. The van der Waals surface area contributed by atoms with Crippen molar-refractivity contribution in [2.24, 2.45) is 17.3 Å². The van der Waals surface area contributed by atoms with Gasteiger partial charge >= 0.3 is 0 Å². The standard InChI is InChI=1S/C12H22O/c1-9(12(2,3)4)11(13)8-10-6-5-7-10/h9-10H,5-8H2,1-4H3/t9-/m0/s1. The van der Waals surface area contributed by atoms with Crippen LogP contribution in [0.15, 0.2) is 0 Å². The van der Waals surface area contributed by atoms with Crippen LogP contribution in [0.1, 0.15) is 53.4 Å². The number of carbonyl (C=O) groups is 1. The Hall–Kier alpha value is -0.330. The van der Waals surface area contributed by atoms with Gasteiger partial charge < -0.3 is 0 Å². The van der Waals surface area contributed by atoms with Crippen LogP contribution in [0.4, 0.5) is 0 Å². The predicted octanol–water partition coefficient (Wildman–Crippen LogP) is 3.43. The second kappa shape index (κ2) is 3.81. The van der Waals surface area contributed by atoms with E-state index in [0.717, 1.165) is 12.3 Å². The van der Waals surface area contributed by atoms with Gasteiger partial charge in [0.25, 0.3) is 0 Å². The third-order valence-corrected chi connectivity index (χ3v) is 3.50.